The van der Waals surface area contributed by atoms with E-state index in [2.05, 4.69) is 38.0 Å². The summed E-state index contributed by atoms with van der Waals surface area (Å²) in [6, 6.07) is 0. The van der Waals surface area contributed by atoms with E-state index in [9.17, 15) is 0 Å². The maximum atomic E-state index is 5.28. The lowest BCUT2D eigenvalue weighted by Crippen LogP contribution is -2.21. The van der Waals surface area contributed by atoms with E-state index in [0.29, 0.717) is 5.92 Å². The van der Waals surface area contributed by atoms with Crippen LogP contribution < -0.4 is 5.32 Å². The molecule has 17 heavy (non-hydrogen) atoms. The van der Waals surface area contributed by atoms with E-state index < -0.39 is 0 Å². The minimum Gasteiger partial charge on any atom is -0.384 e. The first kappa shape index (κ1) is 14.7. The molecule has 0 aliphatic heterocycles. The molecule has 0 aromatic heterocycles. The van der Waals surface area contributed by atoms with Crippen molar-refractivity contribution in [1.82, 2.24) is 4.90 Å². The van der Waals surface area contributed by atoms with Crippen LogP contribution in [-0.2, 0) is 0 Å². The average molecular weight is 270 g/mol. The Bertz CT molecular complexity index is 431. The quantitative estimate of drug-likeness (QED) is 0.597. The van der Waals surface area contributed by atoms with Crippen molar-refractivity contribution in [2.45, 2.75) is 33.1 Å². The molecule has 0 heterocycles. The predicted octanol–water partition coefficient (Wildman–Crippen LogP) is 3.90. The maximum absolute atomic E-state index is 5.28. The van der Waals surface area contributed by atoms with Gasteiger partial charge in [0.2, 0.25) is 0 Å². The summed E-state index contributed by atoms with van der Waals surface area (Å²) in [6.45, 7) is 9.68. The van der Waals surface area contributed by atoms with Crippen molar-refractivity contribution in [2.75, 3.05) is 32.0 Å². The van der Waals surface area contributed by atoms with Crippen LogP contribution in [0.15, 0.2) is 0 Å². The molecule has 0 spiro atoms. The molecule has 0 fully saturated rings. The van der Waals surface area contributed by atoms with E-state index in [0.717, 1.165) is 40.8 Å². The van der Waals surface area contributed by atoms with E-state index in [1.54, 1.807) is 0 Å². The van der Waals surface area contributed by atoms with Gasteiger partial charge in [0.05, 0.1) is 14.7 Å². The molecule has 4 heteroatoms. The van der Waals surface area contributed by atoms with Crippen molar-refractivity contribution in [2.24, 2.45) is 0 Å². The Labute approximate surface area is 115 Å². The van der Waals surface area contributed by atoms with Crippen LogP contribution >= 0.6 is 24.4 Å². The number of hydrogen-bond acceptors (Lipinski definition) is 4. The maximum Gasteiger partial charge on any atom is 0.0796 e. The zero-order valence-corrected chi connectivity index (χ0v) is 12.8. The molecule has 96 valence electrons. The minimum atomic E-state index is 0.468. The topological polar surface area (TPSA) is 15.3 Å². The van der Waals surface area contributed by atoms with E-state index in [-0.39, 0.29) is 0 Å². The highest BCUT2D eigenvalue weighted by Crippen LogP contribution is 2.32. The Hall–Kier alpha value is -0.320. The van der Waals surface area contributed by atoms with E-state index >= 15 is 0 Å². The van der Waals surface area contributed by atoms with E-state index in [1.165, 1.54) is 5.56 Å². The van der Waals surface area contributed by atoms with E-state index in [4.69, 9.17) is 24.4 Å². The standard InChI is InChI=1S/C13H22N2S2/c1-5-15(4)8-6-7-14-11-10(9(2)3)12(16)13(11)17/h9,14H,5-8H2,1-4H3. The third kappa shape index (κ3) is 3.57. The van der Waals surface area contributed by atoms with Gasteiger partial charge in [0.15, 0.2) is 0 Å². The van der Waals surface area contributed by atoms with Crippen LogP contribution in [0.4, 0.5) is 5.69 Å². The first-order valence-electron chi connectivity index (χ1n) is 6.24. The molecule has 0 saturated heterocycles. The summed E-state index contributed by atoms with van der Waals surface area (Å²) < 4.78 is 1.75. The number of nitrogens with zero attached hydrogens (tertiary/aromatic N) is 1. The summed E-state index contributed by atoms with van der Waals surface area (Å²) in [7, 11) is 2.14. The SMILES string of the molecule is CCN(C)CCCNc1c(C(C)C)c(=S)c1=S. The van der Waals surface area contributed by atoms with Crippen molar-refractivity contribution < 1.29 is 0 Å². The molecule has 1 rings (SSSR count). The second-order valence-electron chi connectivity index (χ2n) is 4.78. The fourth-order valence-electron chi connectivity index (χ4n) is 1.86. The van der Waals surface area contributed by atoms with Gasteiger partial charge in [-0.2, -0.15) is 0 Å². The van der Waals surface area contributed by atoms with Crippen LogP contribution in [0.3, 0.4) is 0 Å². The third-order valence-electron chi connectivity index (χ3n) is 3.08. The van der Waals surface area contributed by atoms with E-state index in [1.807, 2.05) is 0 Å². The fraction of sp³-hybridized carbons (Fsp3) is 0.692. The second-order valence-corrected chi connectivity index (χ2v) is 5.59. The van der Waals surface area contributed by atoms with Crippen LogP contribution in [0.2, 0.25) is 0 Å². The van der Waals surface area contributed by atoms with Gasteiger partial charge < -0.3 is 10.2 Å². The Balaban J connectivity index is 2.46. The Morgan fingerprint density at radius 3 is 2.41 bits per heavy atom. The monoisotopic (exact) mass is 270 g/mol. The highest BCUT2D eigenvalue weighted by molar-refractivity contribution is 7.74. The Morgan fingerprint density at radius 1 is 1.24 bits per heavy atom. The van der Waals surface area contributed by atoms with Crippen LogP contribution in [0.25, 0.3) is 0 Å². The third-order valence-corrected chi connectivity index (χ3v) is 4.04. The van der Waals surface area contributed by atoms with Gasteiger partial charge in [-0.1, -0.05) is 45.2 Å². The normalized spacial score (nSPS) is 11.6. The molecular formula is C13H22N2S2. The van der Waals surface area contributed by atoms with Gasteiger partial charge in [0.25, 0.3) is 0 Å². The minimum absolute atomic E-state index is 0.468. The lowest BCUT2D eigenvalue weighted by Gasteiger charge is -2.20. The highest BCUT2D eigenvalue weighted by Gasteiger charge is 2.16. The smallest absolute Gasteiger partial charge is 0.0796 e. The molecule has 1 aromatic carbocycles. The van der Waals surface area contributed by atoms with Crippen molar-refractivity contribution in [3.8, 4) is 0 Å². The molecule has 0 unspecified atom stereocenters. The molecule has 0 saturated carbocycles. The zero-order valence-electron chi connectivity index (χ0n) is 11.2. The zero-order chi connectivity index (χ0) is 13.0. The first-order valence-corrected chi connectivity index (χ1v) is 7.06. The van der Waals surface area contributed by atoms with Gasteiger partial charge in [-0.3, -0.25) is 0 Å². The summed E-state index contributed by atoms with van der Waals surface area (Å²) in [5.41, 5.74) is 2.37. The summed E-state index contributed by atoms with van der Waals surface area (Å²) in [4.78, 5) is 2.31. The van der Waals surface area contributed by atoms with Gasteiger partial charge in [-0.15, -0.1) is 0 Å². The highest BCUT2D eigenvalue weighted by atomic mass is 32.1. The molecule has 1 aromatic rings. The van der Waals surface area contributed by atoms with Crippen molar-refractivity contribution >= 4 is 30.1 Å². The van der Waals surface area contributed by atoms with Gasteiger partial charge in [0, 0.05) is 6.54 Å². The Morgan fingerprint density at radius 2 is 1.88 bits per heavy atom. The second kappa shape index (κ2) is 6.57. The lowest BCUT2D eigenvalue weighted by molar-refractivity contribution is 0.351. The molecule has 0 aliphatic carbocycles. The van der Waals surface area contributed by atoms with Crippen molar-refractivity contribution in [3.05, 3.63) is 14.6 Å². The molecule has 0 radical (unpaired) electrons. The van der Waals surface area contributed by atoms with Crippen LogP contribution in [0, 0.1) is 9.02 Å². The molecule has 1 N–H and O–H groups in total. The molecule has 0 aliphatic rings. The molecule has 0 amide bonds. The fourth-order valence-corrected chi connectivity index (χ4v) is 2.59. The van der Waals surface area contributed by atoms with Gasteiger partial charge in [-0.25, -0.2) is 0 Å². The van der Waals surface area contributed by atoms with Crippen LogP contribution in [0.5, 0.6) is 0 Å². The van der Waals surface area contributed by atoms with Crippen molar-refractivity contribution in [1.29, 1.82) is 0 Å². The molecule has 0 bridgehead atoms. The van der Waals surface area contributed by atoms with Gasteiger partial charge in [0.1, 0.15) is 0 Å². The Kier molecular flexibility index (Phi) is 5.70. The molecule has 2 nitrogen and oxygen atoms in total. The number of hydrogen-bond donors (Lipinski definition) is 1. The van der Waals surface area contributed by atoms with Crippen molar-refractivity contribution in [3.63, 3.8) is 0 Å². The van der Waals surface area contributed by atoms with Crippen LogP contribution in [0.1, 0.15) is 38.7 Å². The average Bonchev–Trinajstić information content (AvgIpc) is 2.30. The number of rotatable bonds is 7. The number of nitrogens with one attached hydrogen (secondary N) is 1. The van der Waals surface area contributed by atoms with Crippen LogP contribution in [-0.4, -0.2) is 31.6 Å². The molecule has 0 atom stereocenters. The lowest BCUT2D eigenvalue weighted by atomic mass is 9.97. The summed E-state index contributed by atoms with van der Waals surface area (Å²) >= 11 is 10.5. The van der Waals surface area contributed by atoms with Gasteiger partial charge >= 0.3 is 0 Å². The number of anilines is 1. The summed E-state index contributed by atoms with van der Waals surface area (Å²) in [5.74, 6) is 0.468. The summed E-state index contributed by atoms with van der Waals surface area (Å²) in [5, 5.41) is 3.43. The summed E-state index contributed by atoms with van der Waals surface area (Å²) in [6.07, 6.45) is 1.13. The first-order chi connectivity index (χ1) is 7.99. The predicted molar refractivity (Wildman–Crippen MR) is 80.8 cm³/mol. The van der Waals surface area contributed by atoms with Gasteiger partial charge in [-0.05, 0) is 38.0 Å². The molecular weight excluding hydrogens is 248 g/mol. The largest absolute Gasteiger partial charge is 0.384 e.